The molecule has 0 aliphatic rings. The summed E-state index contributed by atoms with van der Waals surface area (Å²) in [5.41, 5.74) is 6.42. The molecule has 1 aromatic rings. The van der Waals surface area contributed by atoms with Gasteiger partial charge in [-0.05, 0) is 44.4 Å². The van der Waals surface area contributed by atoms with Crippen molar-refractivity contribution in [2.45, 2.75) is 52.1 Å². The van der Waals surface area contributed by atoms with Gasteiger partial charge in [-0.1, -0.05) is 25.5 Å². The van der Waals surface area contributed by atoms with Crippen molar-refractivity contribution in [3.05, 3.63) is 35.1 Å². The van der Waals surface area contributed by atoms with Gasteiger partial charge in [0.25, 0.3) is 0 Å². The molecule has 0 radical (unpaired) electrons. The number of carbonyl (C=O) groups is 1. The minimum absolute atomic E-state index is 0.206. The first-order chi connectivity index (χ1) is 8.77. The Morgan fingerprint density at radius 1 is 1.53 bits per heavy atom. The number of carbonyl (C=O) groups excluding carboxylic acids is 1. The number of rotatable bonds is 5. The highest BCUT2D eigenvalue weighted by atomic mass is 19.1. The molecule has 3 nitrogen and oxygen atoms in total. The van der Waals surface area contributed by atoms with E-state index in [1.54, 1.807) is 19.9 Å². The van der Waals surface area contributed by atoms with Crippen LogP contribution >= 0.6 is 0 Å². The molecule has 0 spiro atoms. The van der Waals surface area contributed by atoms with Crippen molar-refractivity contribution >= 4 is 5.91 Å². The van der Waals surface area contributed by atoms with E-state index in [0.29, 0.717) is 12.0 Å². The van der Waals surface area contributed by atoms with Crippen LogP contribution in [-0.2, 0) is 4.79 Å². The van der Waals surface area contributed by atoms with Crippen LogP contribution in [0.3, 0.4) is 0 Å². The van der Waals surface area contributed by atoms with Crippen LogP contribution < -0.4 is 11.1 Å². The molecular weight excluding hydrogens is 243 g/mol. The van der Waals surface area contributed by atoms with Crippen molar-refractivity contribution < 1.29 is 9.18 Å². The van der Waals surface area contributed by atoms with Crippen LogP contribution in [0.4, 0.5) is 4.39 Å². The monoisotopic (exact) mass is 266 g/mol. The van der Waals surface area contributed by atoms with Gasteiger partial charge in [-0.2, -0.15) is 0 Å². The van der Waals surface area contributed by atoms with Gasteiger partial charge >= 0.3 is 0 Å². The third kappa shape index (κ3) is 4.03. The fourth-order valence-electron chi connectivity index (χ4n) is 1.96. The molecule has 0 fully saturated rings. The normalized spacial score (nSPS) is 15.7. The first-order valence-electron chi connectivity index (χ1n) is 6.64. The molecule has 0 bridgehead atoms. The molecule has 2 unspecified atom stereocenters. The molecule has 4 heteroatoms. The van der Waals surface area contributed by atoms with E-state index in [4.69, 9.17) is 5.73 Å². The predicted octanol–water partition coefficient (Wildman–Crippen LogP) is 2.83. The summed E-state index contributed by atoms with van der Waals surface area (Å²) in [6, 6.07) is 4.72. The Morgan fingerprint density at radius 3 is 2.68 bits per heavy atom. The fourth-order valence-corrected chi connectivity index (χ4v) is 1.96. The third-order valence-electron chi connectivity index (χ3n) is 3.33. The van der Waals surface area contributed by atoms with E-state index in [1.807, 2.05) is 19.9 Å². The average molecular weight is 266 g/mol. The van der Waals surface area contributed by atoms with E-state index in [9.17, 15) is 9.18 Å². The van der Waals surface area contributed by atoms with E-state index in [0.717, 1.165) is 12.0 Å². The Labute approximate surface area is 114 Å². The molecule has 0 heterocycles. The van der Waals surface area contributed by atoms with Gasteiger partial charge in [0.05, 0.1) is 11.6 Å². The van der Waals surface area contributed by atoms with Crippen LogP contribution in [0, 0.1) is 12.7 Å². The topological polar surface area (TPSA) is 55.1 Å². The molecule has 2 atom stereocenters. The molecule has 0 aliphatic carbocycles. The van der Waals surface area contributed by atoms with Gasteiger partial charge in [0.15, 0.2) is 0 Å². The average Bonchev–Trinajstić information content (AvgIpc) is 2.32. The van der Waals surface area contributed by atoms with Gasteiger partial charge in [-0.3, -0.25) is 4.79 Å². The lowest BCUT2D eigenvalue weighted by Gasteiger charge is -2.25. The summed E-state index contributed by atoms with van der Waals surface area (Å²) in [5.74, 6) is -0.467. The van der Waals surface area contributed by atoms with Gasteiger partial charge in [0.2, 0.25) is 5.91 Å². The zero-order valence-corrected chi connectivity index (χ0v) is 12.1. The van der Waals surface area contributed by atoms with E-state index in [-0.39, 0.29) is 17.8 Å². The Hall–Kier alpha value is -1.42. The standard InChI is InChI=1S/C15H23FN2O/c1-5-8-15(4,17)14(19)18-11(3)12-7-6-10(2)13(16)9-12/h6-7,9,11H,5,8,17H2,1-4H3,(H,18,19). The molecule has 0 saturated heterocycles. The van der Waals surface area contributed by atoms with Crippen LogP contribution in [0.25, 0.3) is 0 Å². The molecule has 0 aliphatic heterocycles. The van der Waals surface area contributed by atoms with Gasteiger partial charge in [-0.15, -0.1) is 0 Å². The van der Waals surface area contributed by atoms with Crippen LogP contribution in [0.1, 0.15) is 50.8 Å². The van der Waals surface area contributed by atoms with Gasteiger partial charge < -0.3 is 11.1 Å². The molecule has 0 aromatic heterocycles. The number of hydrogen-bond donors (Lipinski definition) is 2. The summed E-state index contributed by atoms with van der Waals surface area (Å²) < 4.78 is 13.5. The minimum Gasteiger partial charge on any atom is -0.348 e. The summed E-state index contributed by atoms with van der Waals surface area (Å²) in [6.07, 6.45) is 1.46. The van der Waals surface area contributed by atoms with Crippen LogP contribution in [-0.4, -0.2) is 11.4 Å². The third-order valence-corrected chi connectivity index (χ3v) is 3.33. The lowest BCUT2D eigenvalue weighted by Crippen LogP contribution is -2.52. The molecular formula is C15H23FN2O. The quantitative estimate of drug-likeness (QED) is 0.861. The van der Waals surface area contributed by atoms with Crippen molar-refractivity contribution in [3.63, 3.8) is 0 Å². The van der Waals surface area contributed by atoms with Gasteiger partial charge in [0, 0.05) is 0 Å². The van der Waals surface area contributed by atoms with Crippen molar-refractivity contribution in [3.8, 4) is 0 Å². The molecule has 3 N–H and O–H groups in total. The molecule has 19 heavy (non-hydrogen) atoms. The predicted molar refractivity (Wildman–Crippen MR) is 75.2 cm³/mol. The van der Waals surface area contributed by atoms with Crippen LogP contribution in [0.2, 0.25) is 0 Å². The molecule has 1 rings (SSSR count). The largest absolute Gasteiger partial charge is 0.348 e. The summed E-state index contributed by atoms with van der Waals surface area (Å²) >= 11 is 0. The number of nitrogens with two attached hydrogens (primary N) is 1. The van der Waals surface area contributed by atoms with Crippen LogP contribution in [0.5, 0.6) is 0 Å². The van der Waals surface area contributed by atoms with E-state index >= 15 is 0 Å². The van der Waals surface area contributed by atoms with Crippen molar-refractivity contribution in [2.24, 2.45) is 5.73 Å². The second-order valence-electron chi connectivity index (χ2n) is 5.37. The Morgan fingerprint density at radius 2 is 2.16 bits per heavy atom. The minimum atomic E-state index is -0.883. The van der Waals surface area contributed by atoms with Crippen LogP contribution in [0.15, 0.2) is 18.2 Å². The van der Waals surface area contributed by atoms with E-state index < -0.39 is 5.54 Å². The zero-order valence-electron chi connectivity index (χ0n) is 12.1. The highest BCUT2D eigenvalue weighted by Crippen LogP contribution is 2.18. The summed E-state index contributed by atoms with van der Waals surface area (Å²) in [5, 5.41) is 2.84. The zero-order chi connectivity index (χ0) is 14.6. The lowest BCUT2D eigenvalue weighted by atomic mass is 9.95. The maximum Gasteiger partial charge on any atom is 0.240 e. The molecule has 106 valence electrons. The molecule has 1 amide bonds. The highest BCUT2D eigenvalue weighted by molar-refractivity contribution is 5.85. The summed E-state index contributed by atoms with van der Waals surface area (Å²) in [6.45, 7) is 7.23. The number of benzene rings is 1. The number of nitrogens with one attached hydrogen (secondary N) is 1. The Kier molecular flexibility index (Phi) is 5.06. The van der Waals surface area contributed by atoms with Gasteiger partial charge in [0.1, 0.15) is 5.82 Å². The smallest absolute Gasteiger partial charge is 0.240 e. The Balaban J connectivity index is 2.76. The SMILES string of the molecule is CCCC(C)(N)C(=O)NC(C)c1ccc(C)c(F)c1. The fraction of sp³-hybridized carbons (Fsp3) is 0.533. The second kappa shape index (κ2) is 6.15. The maximum atomic E-state index is 13.5. The van der Waals surface area contributed by atoms with Crippen molar-refractivity contribution in [1.82, 2.24) is 5.32 Å². The number of amides is 1. The summed E-state index contributed by atoms with van der Waals surface area (Å²) in [7, 11) is 0. The van der Waals surface area contributed by atoms with E-state index in [1.165, 1.54) is 6.07 Å². The van der Waals surface area contributed by atoms with E-state index in [2.05, 4.69) is 5.32 Å². The first-order valence-corrected chi connectivity index (χ1v) is 6.64. The van der Waals surface area contributed by atoms with Crippen molar-refractivity contribution in [1.29, 1.82) is 0 Å². The number of hydrogen-bond acceptors (Lipinski definition) is 2. The first kappa shape index (κ1) is 15.6. The number of aryl methyl sites for hydroxylation is 1. The van der Waals surface area contributed by atoms with Gasteiger partial charge in [-0.25, -0.2) is 4.39 Å². The molecule has 1 aromatic carbocycles. The Bertz CT molecular complexity index is 457. The maximum absolute atomic E-state index is 13.5. The lowest BCUT2D eigenvalue weighted by molar-refractivity contribution is -0.126. The highest BCUT2D eigenvalue weighted by Gasteiger charge is 2.28. The van der Waals surface area contributed by atoms with Crippen molar-refractivity contribution in [2.75, 3.05) is 0 Å². The molecule has 0 saturated carbocycles. The number of halogens is 1. The summed E-state index contributed by atoms with van der Waals surface area (Å²) in [4.78, 5) is 12.1. The second-order valence-corrected chi connectivity index (χ2v) is 5.37.